The molecule has 6 heteroatoms. The van der Waals surface area contributed by atoms with Crippen LogP contribution in [0, 0.1) is 0 Å². The van der Waals surface area contributed by atoms with E-state index in [-0.39, 0.29) is 0 Å². The van der Waals surface area contributed by atoms with Gasteiger partial charge in [-0.25, -0.2) is 4.98 Å². The van der Waals surface area contributed by atoms with E-state index in [0.29, 0.717) is 12.0 Å². The number of imidazole rings is 1. The second kappa shape index (κ2) is 4.73. The molecule has 2 aromatic rings. The average Bonchev–Trinajstić information content (AvgIpc) is 3.13. The lowest BCUT2D eigenvalue weighted by Crippen LogP contribution is -2.39. The van der Waals surface area contributed by atoms with E-state index in [1.165, 1.54) is 38.8 Å². The monoisotopic (exact) mass is 288 g/mol. The van der Waals surface area contributed by atoms with Gasteiger partial charge in [-0.2, -0.15) is 5.10 Å². The molecule has 2 N–H and O–H groups in total. The summed E-state index contributed by atoms with van der Waals surface area (Å²) in [6.45, 7) is 4.58. The van der Waals surface area contributed by atoms with Gasteiger partial charge in [-0.1, -0.05) is 6.92 Å². The first kappa shape index (κ1) is 13.1. The van der Waals surface area contributed by atoms with Gasteiger partial charge >= 0.3 is 0 Å². The van der Waals surface area contributed by atoms with Gasteiger partial charge < -0.3 is 10.6 Å². The minimum atomic E-state index is 0.467. The van der Waals surface area contributed by atoms with Gasteiger partial charge in [0.25, 0.3) is 0 Å². The van der Waals surface area contributed by atoms with E-state index in [0.717, 1.165) is 29.3 Å². The lowest BCUT2D eigenvalue weighted by atomic mass is 9.97. The maximum Gasteiger partial charge on any atom is 0.202 e. The molecule has 0 saturated carbocycles. The zero-order valence-electron chi connectivity index (χ0n) is 12.9. The second-order valence-electron chi connectivity index (χ2n) is 6.45. The maximum absolute atomic E-state index is 6.26. The first-order valence-corrected chi connectivity index (χ1v) is 8.12. The number of nitrogens with zero attached hydrogens (tertiary/aromatic N) is 5. The molecular weight excluding hydrogens is 264 g/mol. The largest absolute Gasteiger partial charge is 0.369 e. The summed E-state index contributed by atoms with van der Waals surface area (Å²) in [5.41, 5.74) is 9.40. The number of piperidine rings is 1. The van der Waals surface area contributed by atoms with Crippen LogP contribution in [0.5, 0.6) is 0 Å². The first-order valence-electron chi connectivity index (χ1n) is 8.12. The Hall–Kier alpha value is -1.56. The Morgan fingerprint density at radius 1 is 1.24 bits per heavy atom. The van der Waals surface area contributed by atoms with E-state index in [2.05, 4.69) is 26.5 Å². The van der Waals surface area contributed by atoms with E-state index in [4.69, 9.17) is 5.73 Å². The minimum absolute atomic E-state index is 0.467. The predicted molar refractivity (Wildman–Crippen MR) is 83.2 cm³/mol. The van der Waals surface area contributed by atoms with E-state index in [1.54, 1.807) is 0 Å². The van der Waals surface area contributed by atoms with Gasteiger partial charge in [-0.05, 0) is 38.6 Å². The third-order valence-electron chi connectivity index (χ3n) is 5.26. The van der Waals surface area contributed by atoms with Gasteiger partial charge in [0.2, 0.25) is 5.95 Å². The SMILES string of the molecule is CCc1nn(C)c2c1nc(N)n2C1CCN2CCCC2C1. The zero-order chi connectivity index (χ0) is 14.6. The van der Waals surface area contributed by atoms with E-state index in [1.807, 2.05) is 11.7 Å². The number of anilines is 1. The van der Waals surface area contributed by atoms with Crippen LogP contribution in [0.4, 0.5) is 5.95 Å². The van der Waals surface area contributed by atoms with Crippen molar-refractivity contribution in [2.75, 3.05) is 18.8 Å². The molecule has 2 aliphatic rings. The van der Waals surface area contributed by atoms with E-state index < -0.39 is 0 Å². The van der Waals surface area contributed by atoms with Crippen LogP contribution in [0.15, 0.2) is 0 Å². The van der Waals surface area contributed by atoms with Gasteiger partial charge in [0.05, 0.1) is 5.69 Å². The molecule has 21 heavy (non-hydrogen) atoms. The number of nitrogen functional groups attached to an aromatic ring is 1. The summed E-state index contributed by atoms with van der Waals surface area (Å²) in [4.78, 5) is 7.25. The van der Waals surface area contributed by atoms with Crippen LogP contribution in [0.3, 0.4) is 0 Å². The molecule has 2 aliphatic heterocycles. The van der Waals surface area contributed by atoms with Crippen LogP contribution in [0.1, 0.15) is 44.3 Å². The number of fused-ring (bicyclic) bond motifs is 2. The molecule has 2 saturated heterocycles. The van der Waals surface area contributed by atoms with Gasteiger partial charge in [0.15, 0.2) is 5.65 Å². The number of hydrogen-bond donors (Lipinski definition) is 1. The highest BCUT2D eigenvalue weighted by atomic mass is 15.4. The Bertz CT molecular complexity index is 669. The van der Waals surface area contributed by atoms with Crippen molar-refractivity contribution in [3.05, 3.63) is 5.69 Å². The molecule has 0 aromatic carbocycles. The molecule has 6 nitrogen and oxygen atoms in total. The van der Waals surface area contributed by atoms with Crippen molar-refractivity contribution in [3.63, 3.8) is 0 Å². The van der Waals surface area contributed by atoms with Gasteiger partial charge in [0, 0.05) is 25.7 Å². The second-order valence-corrected chi connectivity index (χ2v) is 6.45. The minimum Gasteiger partial charge on any atom is -0.369 e. The summed E-state index contributed by atoms with van der Waals surface area (Å²) < 4.78 is 4.20. The summed E-state index contributed by atoms with van der Waals surface area (Å²) in [6.07, 6.45) is 5.94. The first-order chi connectivity index (χ1) is 10.2. The lowest BCUT2D eigenvalue weighted by Gasteiger charge is -2.35. The predicted octanol–water partition coefficient (Wildman–Crippen LogP) is 1.71. The molecule has 2 aromatic heterocycles. The van der Waals surface area contributed by atoms with Crippen molar-refractivity contribution in [2.24, 2.45) is 7.05 Å². The summed E-state index contributed by atoms with van der Waals surface area (Å²) in [5, 5.41) is 4.60. The molecule has 0 bridgehead atoms. The quantitative estimate of drug-likeness (QED) is 0.913. The van der Waals surface area contributed by atoms with Crippen molar-refractivity contribution >= 4 is 17.1 Å². The normalized spacial score (nSPS) is 26.6. The van der Waals surface area contributed by atoms with Gasteiger partial charge in [0.1, 0.15) is 5.52 Å². The molecule has 4 rings (SSSR count). The third-order valence-corrected chi connectivity index (χ3v) is 5.26. The van der Waals surface area contributed by atoms with Crippen LogP contribution < -0.4 is 5.73 Å². The molecule has 0 spiro atoms. The molecule has 2 unspecified atom stereocenters. The number of aryl methyl sites for hydroxylation is 2. The molecule has 0 radical (unpaired) electrons. The summed E-state index contributed by atoms with van der Waals surface area (Å²) >= 11 is 0. The number of hydrogen-bond acceptors (Lipinski definition) is 4. The highest BCUT2D eigenvalue weighted by molar-refractivity contribution is 5.78. The maximum atomic E-state index is 6.26. The Kier molecular flexibility index (Phi) is 2.96. The standard InChI is InChI=1S/C15H24N6/c1-3-12-13-14(19(2)18-12)21(15(16)17-13)11-6-8-20-7-4-5-10(20)9-11/h10-11H,3-9H2,1-2H3,(H2,16,17). The van der Waals surface area contributed by atoms with Crippen LogP contribution >= 0.6 is 0 Å². The van der Waals surface area contributed by atoms with Crippen LogP contribution in [0.25, 0.3) is 11.2 Å². The Balaban J connectivity index is 1.76. The summed E-state index contributed by atoms with van der Waals surface area (Å²) in [5.74, 6) is 0.657. The summed E-state index contributed by atoms with van der Waals surface area (Å²) in [7, 11) is 2.00. The van der Waals surface area contributed by atoms with Gasteiger partial charge in [-0.15, -0.1) is 0 Å². The zero-order valence-corrected chi connectivity index (χ0v) is 12.9. The fourth-order valence-corrected chi connectivity index (χ4v) is 4.26. The van der Waals surface area contributed by atoms with E-state index in [9.17, 15) is 0 Å². The van der Waals surface area contributed by atoms with Gasteiger partial charge in [-0.3, -0.25) is 9.25 Å². The fourth-order valence-electron chi connectivity index (χ4n) is 4.26. The number of aromatic nitrogens is 4. The van der Waals surface area contributed by atoms with Crippen molar-refractivity contribution in [1.29, 1.82) is 0 Å². The van der Waals surface area contributed by atoms with Crippen molar-refractivity contribution in [3.8, 4) is 0 Å². The molecule has 0 amide bonds. The van der Waals surface area contributed by atoms with Crippen LogP contribution in [-0.4, -0.2) is 43.4 Å². The molecule has 2 fully saturated rings. The number of rotatable bonds is 2. The van der Waals surface area contributed by atoms with Crippen LogP contribution in [0.2, 0.25) is 0 Å². The highest BCUT2D eigenvalue weighted by Crippen LogP contribution is 2.36. The Labute approximate surface area is 124 Å². The smallest absolute Gasteiger partial charge is 0.202 e. The number of nitrogens with two attached hydrogens (primary N) is 1. The lowest BCUT2D eigenvalue weighted by molar-refractivity contribution is 0.157. The molecule has 4 heterocycles. The Morgan fingerprint density at radius 3 is 2.90 bits per heavy atom. The van der Waals surface area contributed by atoms with Crippen LogP contribution in [-0.2, 0) is 13.5 Å². The van der Waals surface area contributed by atoms with Crippen molar-refractivity contribution in [2.45, 2.75) is 51.1 Å². The summed E-state index contributed by atoms with van der Waals surface area (Å²) in [6, 6.07) is 1.20. The molecular formula is C15H24N6. The van der Waals surface area contributed by atoms with Crippen molar-refractivity contribution < 1.29 is 0 Å². The molecule has 2 atom stereocenters. The fraction of sp³-hybridized carbons (Fsp3) is 0.733. The average molecular weight is 288 g/mol. The molecule has 114 valence electrons. The molecule has 0 aliphatic carbocycles. The Morgan fingerprint density at radius 2 is 2.10 bits per heavy atom. The third kappa shape index (κ3) is 1.88. The highest BCUT2D eigenvalue weighted by Gasteiger charge is 2.34. The van der Waals surface area contributed by atoms with Crippen molar-refractivity contribution in [1.82, 2.24) is 24.2 Å². The van der Waals surface area contributed by atoms with E-state index >= 15 is 0 Å². The topological polar surface area (TPSA) is 64.9 Å².